The molecule has 0 radical (unpaired) electrons. The fourth-order valence-corrected chi connectivity index (χ4v) is 3.56. The molecule has 0 bridgehead atoms. The van der Waals surface area contributed by atoms with Gasteiger partial charge >= 0.3 is 0 Å². The van der Waals surface area contributed by atoms with Gasteiger partial charge in [0.1, 0.15) is 5.75 Å². The zero-order valence-electron chi connectivity index (χ0n) is 17.6. The van der Waals surface area contributed by atoms with Crippen molar-refractivity contribution in [3.8, 4) is 5.75 Å². The van der Waals surface area contributed by atoms with Crippen molar-refractivity contribution >= 4 is 11.8 Å². The van der Waals surface area contributed by atoms with Gasteiger partial charge in [-0.3, -0.25) is 14.6 Å². The molecule has 0 unspecified atom stereocenters. The molecule has 1 fully saturated rings. The fourth-order valence-electron chi connectivity index (χ4n) is 3.56. The van der Waals surface area contributed by atoms with Crippen LogP contribution in [0.2, 0.25) is 0 Å². The summed E-state index contributed by atoms with van der Waals surface area (Å²) in [5, 5.41) is 0. The first-order chi connectivity index (χ1) is 13.8. The molecule has 2 heterocycles. The predicted molar refractivity (Wildman–Crippen MR) is 112 cm³/mol. The Morgan fingerprint density at radius 3 is 2.31 bits per heavy atom. The topological polar surface area (TPSA) is 62.7 Å². The molecule has 0 aliphatic carbocycles. The van der Waals surface area contributed by atoms with E-state index in [0.717, 1.165) is 24.1 Å². The number of likely N-dealkylation sites (tertiary alicyclic amines) is 1. The summed E-state index contributed by atoms with van der Waals surface area (Å²) < 4.78 is 5.81. The molecule has 6 nitrogen and oxygen atoms in total. The highest BCUT2D eigenvalue weighted by atomic mass is 16.5. The second kappa shape index (κ2) is 9.07. The average Bonchev–Trinajstić information content (AvgIpc) is 2.74. The van der Waals surface area contributed by atoms with Crippen LogP contribution < -0.4 is 4.74 Å². The van der Waals surface area contributed by atoms with Crippen molar-refractivity contribution < 1.29 is 14.3 Å². The highest BCUT2D eigenvalue weighted by Gasteiger charge is 2.28. The van der Waals surface area contributed by atoms with Gasteiger partial charge in [-0.2, -0.15) is 0 Å². The van der Waals surface area contributed by atoms with Crippen molar-refractivity contribution in [2.75, 3.05) is 27.2 Å². The van der Waals surface area contributed by atoms with Crippen LogP contribution in [0.15, 0.2) is 42.6 Å². The third-order valence-corrected chi connectivity index (χ3v) is 5.35. The van der Waals surface area contributed by atoms with Crippen molar-refractivity contribution in [2.45, 2.75) is 38.7 Å². The number of piperidine rings is 1. The zero-order valence-corrected chi connectivity index (χ0v) is 17.6. The van der Waals surface area contributed by atoms with Crippen LogP contribution in [0.4, 0.5) is 0 Å². The minimum absolute atomic E-state index is 0.0175. The molecule has 154 valence electrons. The maximum Gasteiger partial charge on any atom is 0.263 e. The lowest BCUT2D eigenvalue weighted by Gasteiger charge is -2.33. The van der Waals surface area contributed by atoms with Crippen molar-refractivity contribution in [1.82, 2.24) is 14.8 Å². The highest BCUT2D eigenvalue weighted by molar-refractivity contribution is 5.93. The van der Waals surface area contributed by atoms with E-state index in [1.165, 1.54) is 0 Å². The molecule has 1 aliphatic heterocycles. The van der Waals surface area contributed by atoms with E-state index in [9.17, 15) is 9.59 Å². The van der Waals surface area contributed by atoms with Crippen LogP contribution >= 0.6 is 0 Å². The maximum absolute atomic E-state index is 12.7. The molecular formula is C23H29N3O3. The monoisotopic (exact) mass is 395 g/mol. The van der Waals surface area contributed by atoms with E-state index in [1.54, 1.807) is 32.1 Å². The molecule has 2 aromatic rings. The number of amides is 2. The van der Waals surface area contributed by atoms with E-state index < -0.39 is 6.10 Å². The van der Waals surface area contributed by atoms with Gasteiger partial charge in [0.05, 0.1) is 5.56 Å². The smallest absolute Gasteiger partial charge is 0.263 e. The largest absolute Gasteiger partial charge is 0.481 e. The molecular weight excluding hydrogens is 366 g/mol. The average molecular weight is 396 g/mol. The first kappa shape index (κ1) is 20.8. The molecule has 1 saturated heterocycles. The third-order valence-electron chi connectivity index (χ3n) is 5.35. The number of pyridine rings is 1. The van der Waals surface area contributed by atoms with Gasteiger partial charge in [0.2, 0.25) is 0 Å². The molecule has 29 heavy (non-hydrogen) atoms. The van der Waals surface area contributed by atoms with Crippen LogP contribution in [0.25, 0.3) is 0 Å². The van der Waals surface area contributed by atoms with Crippen LogP contribution in [0.1, 0.15) is 47.3 Å². The van der Waals surface area contributed by atoms with Crippen LogP contribution in [0, 0.1) is 6.92 Å². The molecule has 1 aromatic heterocycles. The number of hydrogen-bond acceptors (Lipinski definition) is 4. The van der Waals surface area contributed by atoms with Gasteiger partial charge in [-0.1, -0.05) is 17.7 Å². The lowest BCUT2D eigenvalue weighted by Crippen LogP contribution is -2.44. The minimum Gasteiger partial charge on any atom is -0.481 e. The molecule has 0 spiro atoms. The van der Waals surface area contributed by atoms with E-state index in [4.69, 9.17) is 4.74 Å². The molecule has 1 aromatic carbocycles. The predicted octanol–water partition coefficient (Wildman–Crippen LogP) is 3.27. The molecule has 1 atom stereocenters. The van der Waals surface area contributed by atoms with E-state index in [2.05, 4.69) is 4.98 Å². The van der Waals surface area contributed by atoms with Crippen molar-refractivity contribution in [1.29, 1.82) is 0 Å². The third kappa shape index (κ3) is 5.13. The second-order valence-corrected chi connectivity index (χ2v) is 7.84. The number of nitrogens with zero attached hydrogens (tertiary/aromatic N) is 3. The quantitative estimate of drug-likeness (QED) is 0.780. The maximum atomic E-state index is 12.7. The van der Waals surface area contributed by atoms with Crippen molar-refractivity contribution in [3.05, 3.63) is 59.4 Å². The number of aryl methyl sites for hydroxylation is 1. The van der Waals surface area contributed by atoms with E-state index in [0.29, 0.717) is 30.3 Å². The Labute approximate surface area is 172 Å². The highest BCUT2D eigenvalue weighted by Crippen LogP contribution is 2.27. The number of rotatable bonds is 5. The van der Waals surface area contributed by atoms with Gasteiger partial charge in [0.15, 0.2) is 6.10 Å². The number of carbonyl (C=O) groups excluding carboxylic acids is 2. The van der Waals surface area contributed by atoms with Gasteiger partial charge < -0.3 is 14.5 Å². The normalized spacial score (nSPS) is 15.7. The number of benzene rings is 1. The number of aromatic nitrogens is 1. The Morgan fingerprint density at radius 2 is 1.76 bits per heavy atom. The van der Waals surface area contributed by atoms with Crippen molar-refractivity contribution in [3.63, 3.8) is 0 Å². The Hall–Kier alpha value is -2.89. The van der Waals surface area contributed by atoms with Gasteiger partial charge in [-0.15, -0.1) is 0 Å². The number of carbonyl (C=O) groups is 2. The van der Waals surface area contributed by atoms with E-state index in [-0.39, 0.29) is 11.8 Å². The number of ether oxygens (including phenoxy) is 1. The molecule has 3 rings (SSSR count). The fraction of sp³-hybridized carbons (Fsp3) is 0.435. The summed E-state index contributed by atoms with van der Waals surface area (Å²) in [6, 6.07) is 11.5. The lowest BCUT2D eigenvalue weighted by atomic mass is 9.92. The molecule has 6 heteroatoms. The first-order valence-electron chi connectivity index (χ1n) is 10.0. The number of hydrogen-bond donors (Lipinski definition) is 0. The molecule has 0 N–H and O–H groups in total. The molecule has 1 aliphatic rings. The lowest BCUT2D eigenvalue weighted by molar-refractivity contribution is -0.139. The second-order valence-electron chi connectivity index (χ2n) is 7.84. The first-order valence-corrected chi connectivity index (χ1v) is 10.0. The van der Waals surface area contributed by atoms with Gasteiger partial charge in [0.25, 0.3) is 11.8 Å². The van der Waals surface area contributed by atoms with E-state index in [1.807, 2.05) is 48.2 Å². The van der Waals surface area contributed by atoms with Crippen molar-refractivity contribution in [2.24, 2.45) is 0 Å². The van der Waals surface area contributed by atoms with Crippen LogP contribution in [0.5, 0.6) is 5.75 Å². The van der Waals surface area contributed by atoms with Crippen LogP contribution in [-0.2, 0) is 4.79 Å². The summed E-state index contributed by atoms with van der Waals surface area (Å²) in [7, 11) is 3.46. The summed E-state index contributed by atoms with van der Waals surface area (Å²) in [6.45, 7) is 5.19. The zero-order chi connectivity index (χ0) is 21.0. The summed E-state index contributed by atoms with van der Waals surface area (Å²) in [6.07, 6.45) is 2.85. The summed E-state index contributed by atoms with van der Waals surface area (Å²) in [4.78, 5) is 32.6. The summed E-state index contributed by atoms with van der Waals surface area (Å²) in [5.41, 5.74) is 2.73. The molecule has 2 amide bonds. The SMILES string of the molecule is Cc1ccc(O[C@H](C)C(=O)N2CCC(c3ccc(C(=O)N(C)C)cn3)CC2)cc1. The Kier molecular flexibility index (Phi) is 6.52. The van der Waals surface area contributed by atoms with Crippen LogP contribution in [0.3, 0.4) is 0 Å². The van der Waals surface area contributed by atoms with E-state index >= 15 is 0 Å². The van der Waals surface area contributed by atoms with Gasteiger partial charge in [0, 0.05) is 45.0 Å². The van der Waals surface area contributed by atoms with Gasteiger partial charge in [-0.05, 0) is 51.0 Å². The Balaban J connectivity index is 1.53. The molecule has 0 saturated carbocycles. The van der Waals surface area contributed by atoms with Crippen LogP contribution in [-0.4, -0.2) is 59.9 Å². The Bertz CT molecular complexity index is 839. The Morgan fingerprint density at radius 1 is 1.10 bits per heavy atom. The summed E-state index contributed by atoms with van der Waals surface area (Å²) in [5.74, 6) is 0.981. The summed E-state index contributed by atoms with van der Waals surface area (Å²) >= 11 is 0. The standard InChI is InChI=1S/C23H29N3O3/c1-16-5-8-20(9-6-16)29-17(2)22(27)26-13-11-18(12-14-26)21-10-7-19(15-24-21)23(28)25(3)4/h5-10,15,17-18H,11-14H2,1-4H3/t17-/m1/s1. The minimum atomic E-state index is -0.510. The van der Waals surface area contributed by atoms with Gasteiger partial charge in [-0.25, -0.2) is 0 Å².